The molecule has 2 aromatic heterocycles. The minimum absolute atomic E-state index is 0.00600. The molecule has 2 heterocycles. The SMILES string of the molecule is CC1(C)c2ccccc2-c2cc3c(ccc4c3c3ccccc3n4-c3ncncn3)cc21. The van der Waals surface area contributed by atoms with Crippen molar-refractivity contribution in [1.82, 2.24) is 19.5 Å². The van der Waals surface area contributed by atoms with Gasteiger partial charge >= 0.3 is 0 Å². The Kier molecular flexibility index (Phi) is 3.31. The second-order valence-electron chi connectivity index (χ2n) is 9.04. The smallest absolute Gasteiger partial charge is 0.237 e. The minimum Gasteiger partial charge on any atom is -0.278 e. The van der Waals surface area contributed by atoms with Gasteiger partial charge in [0.25, 0.3) is 0 Å². The standard InChI is InChI=1S/C28H20N4/c1-28(2)22-9-5-3-7-18(22)21-14-20-17(13-23(21)28)11-12-25-26(20)19-8-4-6-10-24(19)32(25)27-30-15-29-16-31-27/h3-16H,1-2H3. The van der Waals surface area contributed by atoms with Gasteiger partial charge in [0.2, 0.25) is 5.95 Å². The zero-order chi connectivity index (χ0) is 21.4. The maximum absolute atomic E-state index is 4.45. The van der Waals surface area contributed by atoms with Crippen molar-refractivity contribution in [3.8, 4) is 17.1 Å². The number of nitrogens with zero attached hydrogens (tertiary/aromatic N) is 4. The lowest BCUT2D eigenvalue weighted by atomic mass is 9.82. The third-order valence-corrected chi connectivity index (χ3v) is 7.03. The summed E-state index contributed by atoms with van der Waals surface area (Å²) >= 11 is 0. The molecular formula is C28H20N4. The summed E-state index contributed by atoms with van der Waals surface area (Å²) in [4.78, 5) is 12.9. The Labute approximate surface area is 185 Å². The first-order valence-electron chi connectivity index (χ1n) is 10.9. The summed E-state index contributed by atoms with van der Waals surface area (Å²) in [7, 11) is 0. The van der Waals surface area contributed by atoms with Crippen molar-refractivity contribution >= 4 is 32.6 Å². The number of para-hydroxylation sites is 1. The first-order chi connectivity index (χ1) is 15.6. The number of hydrogen-bond donors (Lipinski definition) is 0. The van der Waals surface area contributed by atoms with E-state index in [9.17, 15) is 0 Å². The topological polar surface area (TPSA) is 43.6 Å². The van der Waals surface area contributed by atoms with Crippen molar-refractivity contribution in [2.75, 3.05) is 0 Å². The highest BCUT2D eigenvalue weighted by Gasteiger charge is 2.35. The molecule has 4 nitrogen and oxygen atoms in total. The van der Waals surface area contributed by atoms with Crippen LogP contribution < -0.4 is 0 Å². The van der Waals surface area contributed by atoms with Crippen LogP contribution in [0.5, 0.6) is 0 Å². The van der Waals surface area contributed by atoms with Gasteiger partial charge in [-0.2, -0.15) is 0 Å². The molecule has 7 rings (SSSR count). The summed E-state index contributed by atoms with van der Waals surface area (Å²) < 4.78 is 2.14. The number of fused-ring (bicyclic) bond motifs is 8. The Morgan fingerprint density at radius 3 is 2.34 bits per heavy atom. The van der Waals surface area contributed by atoms with Crippen LogP contribution in [0.4, 0.5) is 0 Å². The molecule has 0 atom stereocenters. The molecule has 0 aliphatic heterocycles. The predicted molar refractivity (Wildman–Crippen MR) is 129 cm³/mol. The van der Waals surface area contributed by atoms with Gasteiger partial charge in [0.05, 0.1) is 11.0 Å². The van der Waals surface area contributed by atoms with Crippen LogP contribution in [0.15, 0.2) is 85.5 Å². The lowest BCUT2D eigenvalue weighted by molar-refractivity contribution is 0.661. The molecule has 0 unspecified atom stereocenters. The van der Waals surface area contributed by atoms with Gasteiger partial charge in [0, 0.05) is 16.2 Å². The predicted octanol–water partition coefficient (Wildman–Crippen LogP) is 6.43. The first kappa shape index (κ1) is 17.6. The summed E-state index contributed by atoms with van der Waals surface area (Å²) in [6, 6.07) is 26.5. The van der Waals surface area contributed by atoms with E-state index in [1.807, 2.05) is 0 Å². The fourth-order valence-corrected chi connectivity index (χ4v) is 5.55. The van der Waals surface area contributed by atoms with Crippen molar-refractivity contribution in [2.45, 2.75) is 19.3 Å². The molecule has 0 amide bonds. The maximum Gasteiger partial charge on any atom is 0.237 e. The van der Waals surface area contributed by atoms with E-state index in [2.05, 4.69) is 106 Å². The minimum atomic E-state index is -0.00600. The third-order valence-electron chi connectivity index (χ3n) is 7.03. The largest absolute Gasteiger partial charge is 0.278 e. The second-order valence-corrected chi connectivity index (χ2v) is 9.04. The quantitative estimate of drug-likeness (QED) is 0.313. The van der Waals surface area contributed by atoms with Gasteiger partial charge in [-0.25, -0.2) is 15.0 Å². The molecule has 0 bridgehead atoms. The first-order valence-corrected chi connectivity index (χ1v) is 10.9. The Morgan fingerprint density at radius 2 is 1.47 bits per heavy atom. The molecule has 4 heteroatoms. The molecule has 0 radical (unpaired) electrons. The third kappa shape index (κ3) is 2.14. The summed E-state index contributed by atoms with van der Waals surface area (Å²) in [6.45, 7) is 4.66. The highest BCUT2D eigenvalue weighted by Crippen LogP contribution is 2.50. The van der Waals surface area contributed by atoms with Crippen LogP contribution in [0.1, 0.15) is 25.0 Å². The molecule has 152 valence electrons. The molecule has 0 saturated heterocycles. The Bertz CT molecular complexity index is 1690. The molecular weight excluding hydrogens is 392 g/mol. The van der Waals surface area contributed by atoms with E-state index in [1.165, 1.54) is 43.8 Å². The van der Waals surface area contributed by atoms with Crippen molar-refractivity contribution in [2.24, 2.45) is 0 Å². The van der Waals surface area contributed by atoms with Crippen molar-refractivity contribution < 1.29 is 0 Å². The number of aromatic nitrogens is 4. The average molecular weight is 412 g/mol. The van der Waals surface area contributed by atoms with E-state index in [1.54, 1.807) is 12.7 Å². The van der Waals surface area contributed by atoms with E-state index < -0.39 is 0 Å². The van der Waals surface area contributed by atoms with E-state index in [-0.39, 0.29) is 5.41 Å². The molecule has 1 aliphatic rings. The lowest BCUT2D eigenvalue weighted by Crippen LogP contribution is -2.14. The van der Waals surface area contributed by atoms with Gasteiger partial charge in [-0.15, -0.1) is 0 Å². The van der Waals surface area contributed by atoms with Crippen molar-refractivity contribution in [1.29, 1.82) is 0 Å². The molecule has 4 aromatic carbocycles. The van der Waals surface area contributed by atoms with E-state index >= 15 is 0 Å². The summed E-state index contributed by atoms with van der Waals surface area (Å²) in [5.74, 6) is 0.637. The van der Waals surface area contributed by atoms with Gasteiger partial charge in [-0.3, -0.25) is 4.57 Å². The van der Waals surface area contributed by atoms with E-state index in [4.69, 9.17) is 0 Å². The second kappa shape index (κ2) is 6.01. The normalized spacial score (nSPS) is 14.2. The van der Waals surface area contributed by atoms with Crippen LogP contribution in [-0.4, -0.2) is 19.5 Å². The molecule has 0 fully saturated rings. The fourth-order valence-electron chi connectivity index (χ4n) is 5.55. The van der Waals surface area contributed by atoms with Crippen molar-refractivity contribution in [3.05, 3.63) is 96.6 Å². The van der Waals surface area contributed by atoms with Gasteiger partial charge < -0.3 is 0 Å². The fraction of sp³-hybridized carbons (Fsp3) is 0.107. The van der Waals surface area contributed by atoms with Crippen LogP contribution in [0.2, 0.25) is 0 Å². The maximum atomic E-state index is 4.45. The van der Waals surface area contributed by atoms with Crippen LogP contribution in [0.25, 0.3) is 49.7 Å². The zero-order valence-electron chi connectivity index (χ0n) is 17.9. The van der Waals surface area contributed by atoms with Crippen LogP contribution in [-0.2, 0) is 5.41 Å². The molecule has 1 aliphatic carbocycles. The highest BCUT2D eigenvalue weighted by molar-refractivity contribution is 6.22. The number of benzene rings is 4. The van der Waals surface area contributed by atoms with Gasteiger partial charge in [-0.05, 0) is 57.3 Å². The zero-order valence-corrected chi connectivity index (χ0v) is 17.9. The van der Waals surface area contributed by atoms with E-state index in [0.29, 0.717) is 5.95 Å². The van der Waals surface area contributed by atoms with Gasteiger partial charge in [-0.1, -0.05) is 62.4 Å². The molecule has 32 heavy (non-hydrogen) atoms. The number of rotatable bonds is 1. The van der Waals surface area contributed by atoms with Crippen LogP contribution in [0, 0.1) is 0 Å². The Hall–Kier alpha value is -4.05. The molecule has 0 saturated carbocycles. The molecule has 0 spiro atoms. The van der Waals surface area contributed by atoms with Crippen molar-refractivity contribution in [3.63, 3.8) is 0 Å². The molecule has 6 aromatic rings. The number of hydrogen-bond acceptors (Lipinski definition) is 3. The Morgan fingerprint density at radius 1 is 0.688 bits per heavy atom. The van der Waals surface area contributed by atoms with Gasteiger partial charge in [0.1, 0.15) is 12.7 Å². The van der Waals surface area contributed by atoms with Crippen LogP contribution in [0.3, 0.4) is 0 Å². The highest BCUT2D eigenvalue weighted by atomic mass is 15.2. The van der Waals surface area contributed by atoms with Crippen LogP contribution >= 0.6 is 0 Å². The van der Waals surface area contributed by atoms with Gasteiger partial charge in [0.15, 0.2) is 0 Å². The monoisotopic (exact) mass is 412 g/mol. The molecule has 0 N–H and O–H groups in total. The average Bonchev–Trinajstić information content (AvgIpc) is 3.28. The Balaban J connectivity index is 1.66. The van der Waals surface area contributed by atoms with E-state index in [0.717, 1.165) is 11.0 Å². The lowest BCUT2D eigenvalue weighted by Gasteiger charge is -2.21. The summed E-state index contributed by atoms with van der Waals surface area (Å²) in [5, 5.41) is 4.97. The summed E-state index contributed by atoms with van der Waals surface area (Å²) in [6.07, 6.45) is 3.10. The summed E-state index contributed by atoms with van der Waals surface area (Å²) in [5.41, 5.74) is 7.67.